The Morgan fingerprint density at radius 1 is 1.05 bits per heavy atom. The molecule has 0 spiro atoms. The Kier molecular flexibility index (Phi) is 8.51. The maximum atomic E-state index is 12.5. The molecule has 1 rings (SSSR count). The van der Waals surface area contributed by atoms with Crippen molar-refractivity contribution in [1.29, 1.82) is 0 Å². The van der Waals surface area contributed by atoms with Crippen molar-refractivity contribution in [3.63, 3.8) is 0 Å². The lowest BCUT2D eigenvalue weighted by Gasteiger charge is -2.30. The summed E-state index contributed by atoms with van der Waals surface area (Å²) in [6.07, 6.45) is 6.06. The standard InChI is InChI=1S/C18H32O4/c1-5-7-12-21-17(19)14-10-8-9-11-15(14)18(20)22-16(6-2)13(3)4/h13-16H,5-12H2,1-4H3. The molecule has 0 aromatic carbocycles. The predicted octanol–water partition coefficient (Wildman–Crippen LogP) is 4.11. The van der Waals surface area contributed by atoms with Crippen LogP contribution in [0.2, 0.25) is 0 Å². The maximum absolute atomic E-state index is 12.5. The zero-order valence-electron chi connectivity index (χ0n) is 14.6. The lowest BCUT2D eigenvalue weighted by atomic mass is 9.79. The minimum absolute atomic E-state index is 0.0637. The molecule has 0 aromatic heterocycles. The van der Waals surface area contributed by atoms with E-state index in [2.05, 4.69) is 20.8 Å². The number of carbonyl (C=O) groups excluding carboxylic acids is 2. The molecule has 0 aliphatic heterocycles. The predicted molar refractivity (Wildman–Crippen MR) is 86.3 cm³/mol. The number of hydrogen-bond donors (Lipinski definition) is 0. The van der Waals surface area contributed by atoms with Crippen LogP contribution in [0.25, 0.3) is 0 Å². The normalized spacial score (nSPS) is 23.1. The van der Waals surface area contributed by atoms with E-state index in [0.717, 1.165) is 44.9 Å². The third kappa shape index (κ3) is 5.62. The fourth-order valence-electron chi connectivity index (χ4n) is 3.05. The van der Waals surface area contributed by atoms with Gasteiger partial charge in [-0.1, -0.05) is 47.0 Å². The number of carbonyl (C=O) groups is 2. The van der Waals surface area contributed by atoms with E-state index < -0.39 is 0 Å². The molecule has 0 radical (unpaired) electrons. The first-order valence-corrected chi connectivity index (χ1v) is 8.88. The van der Waals surface area contributed by atoms with Crippen LogP contribution in [0.5, 0.6) is 0 Å². The molecular formula is C18H32O4. The van der Waals surface area contributed by atoms with Gasteiger partial charge in [0.25, 0.3) is 0 Å². The summed E-state index contributed by atoms with van der Waals surface area (Å²) in [6.45, 7) is 8.65. The molecule has 4 nitrogen and oxygen atoms in total. The number of ether oxygens (including phenoxy) is 2. The van der Waals surface area contributed by atoms with E-state index in [4.69, 9.17) is 9.47 Å². The second-order valence-electron chi connectivity index (χ2n) is 6.65. The number of esters is 2. The third-order valence-corrected chi connectivity index (χ3v) is 4.53. The van der Waals surface area contributed by atoms with Gasteiger partial charge in [0.2, 0.25) is 0 Å². The molecule has 3 unspecified atom stereocenters. The van der Waals surface area contributed by atoms with Crippen LogP contribution in [0.15, 0.2) is 0 Å². The van der Waals surface area contributed by atoms with Crippen LogP contribution in [-0.4, -0.2) is 24.6 Å². The highest BCUT2D eigenvalue weighted by molar-refractivity contribution is 5.82. The SMILES string of the molecule is CCCCOC(=O)C1CCCCC1C(=O)OC(CC)C(C)C. The highest BCUT2D eigenvalue weighted by Gasteiger charge is 2.38. The Hall–Kier alpha value is -1.06. The zero-order valence-corrected chi connectivity index (χ0v) is 14.6. The van der Waals surface area contributed by atoms with Gasteiger partial charge >= 0.3 is 11.9 Å². The maximum Gasteiger partial charge on any atom is 0.310 e. The van der Waals surface area contributed by atoms with Crippen molar-refractivity contribution in [2.24, 2.45) is 17.8 Å². The van der Waals surface area contributed by atoms with E-state index >= 15 is 0 Å². The molecule has 0 saturated heterocycles. The molecule has 1 aliphatic rings. The average molecular weight is 312 g/mol. The van der Waals surface area contributed by atoms with E-state index in [1.54, 1.807) is 0 Å². The van der Waals surface area contributed by atoms with Crippen molar-refractivity contribution in [1.82, 2.24) is 0 Å². The Labute approximate surface area is 134 Å². The van der Waals surface area contributed by atoms with Crippen molar-refractivity contribution >= 4 is 11.9 Å². The van der Waals surface area contributed by atoms with Crippen LogP contribution in [0.4, 0.5) is 0 Å². The van der Waals surface area contributed by atoms with Gasteiger partial charge < -0.3 is 9.47 Å². The Bertz CT molecular complexity index is 351. The van der Waals surface area contributed by atoms with Crippen molar-refractivity contribution in [3.8, 4) is 0 Å². The average Bonchev–Trinajstić information content (AvgIpc) is 2.52. The minimum atomic E-state index is -0.323. The van der Waals surface area contributed by atoms with Crippen LogP contribution < -0.4 is 0 Å². The first-order valence-electron chi connectivity index (χ1n) is 8.88. The van der Waals surface area contributed by atoms with Gasteiger partial charge in [-0.25, -0.2) is 0 Å². The molecule has 4 heteroatoms. The van der Waals surface area contributed by atoms with Crippen molar-refractivity contribution in [3.05, 3.63) is 0 Å². The summed E-state index contributed by atoms with van der Waals surface area (Å²) >= 11 is 0. The van der Waals surface area contributed by atoms with E-state index in [1.807, 2.05) is 6.92 Å². The van der Waals surface area contributed by atoms with Crippen LogP contribution in [0.1, 0.15) is 72.6 Å². The monoisotopic (exact) mass is 312 g/mol. The molecule has 22 heavy (non-hydrogen) atoms. The van der Waals surface area contributed by atoms with E-state index in [0.29, 0.717) is 12.5 Å². The Morgan fingerprint density at radius 2 is 1.64 bits per heavy atom. The van der Waals surface area contributed by atoms with E-state index in [1.165, 1.54) is 0 Å². The lowest BCUT2D eigenvalue weighted by Crippen LogP contribution is -2.37. The van der Waals surface area contributed by atoms with Crippen LogP contribution in [-0.2, 0) is 19.1 Å². The summed E-state index contributed by atoms with van der Waals surface area (Å²) in [5.41, 5.74) is 0. The molecule has 0 amide bonds. The van der Waals surface area contributed by atoms with Gasteiger partial charge in [-0.3, -0.25) is 9.59 Å². The topological polar surface area (TPSA) is 52.6 Å². The molecule has 3 atom stereocenters. The molecule has 0 bridgehead atoms. The number of hydrogen-bond acceptors (Lipinski definition) is 4. The second kappa shape index (κ2) is 9.86. The van der Waals surface area contributed by atoms with Gasteiger partial charge in [-0.2, -0.15) is 0 Å². The quantitative estimate of drug-likeness (QED) is 0.500. The fraction of sp³-hybridized carbons (Fsp3) is 0.889. The van der Waals surface area contributed by atoms with Gasteiger partial charge in [0.15, 0.2) is 0 Å². The van der Waals surface area contributed by atoms with E-state index in [-0.39, 0.29) is 29.9 Å². The van der Waals surface area contributed by atoms with Crippen molar-refractivity contribution in [2.75, 3.05) is 6.61 Å². The molecule has 0 aromatic rings. The third-order valence-electron chi connectivity index (χ3n) is 4.53. The van der Waals surface area contributed by atoms with Gasteiger partial charge in [0.05, 0.1) is 18.4 Å². The van der Waals surface area contributed by atoms with Gasteiger partial charge in [-0.15, -0.1) is 0 Å². The summed E-state index contributed by atoms with van der Waals surface area (Å²) in [5, 5.41) is 0. The molecule has 128 valence electrons. The molecule has 1 aliphatic carbocycles. The van der Waals surface area contributed by atoms with Crippen molar-refractivity contribution < 1.29 is 19.1 Å². The fourth-order valence-corrected chi connectivity index (χ4v) is 3.05. The molecule has 0 heterocycles. The highest BCUT2D eigenvalue weighted by atomic mass is 16.5. The van der Waals surface area contributed by atoms with Crippen molar-refractivity contribution in [2.45, 2.75) is 78.7 Å². The highest BCUT2D eigenvalue weighted by Crippen LogP contribution is 2.33. The summed E-state index contributed by atoms with van der Waals surface area (Å²) < 4.78 is 11.0. The van der Waals surface area contributed by atoms with Gasteiger partial charge in [-0.05, 0) is 31.6 Å². The summed E-state index contributed by atoms with van der Waals surface area (Å²) in [4.78, 5) is 24.7. The van der Waals surface area contributed by atoms with Gasteiger partial charge in [0.1, 0.15) is 6.10 Å². The summed E-state index contributed by atoms with van der Waals surface area (Å²) in [5.74, 6) is -0.767. The number of unbranched alkanes of at least 4 members (excludes halogenated alkanes) is 1. The Morgan fingerprint density at radius 3 is 2.14 bits per heavy atom. The molecule has 1 fully saturated rings. The largest absolute Gasteiger partial charge is 0.465 e. The summed E-state index contributed by atoms with van der Waals surface area (Å²) in [6, 6.07) is 0. The summed E-state index contributed by atoms with van der Waals surface area (Å²) in [7, 11) is 0. The van der Waals surface area contributed by atoms with E-state index in [9.17, 15) is 9.59 Å². The first-order chi connectivity index (χ1) is 10.5. The van der Waals surface area contributed by atoms with Crippen LogP contribution >= 0.6 is 0 Å². The smallest absolute Gasteiger partial charge is 0.310 e. The second-order valence-corrected chi connectivity index (χ2v) is 6.65. The Balaban J connectivity index is 2.63. The molecule has 1 saturated carbocycles. The molecular weight excluding hydrogens is 280 g/mol. The number of rotatable bonds is 8. The first kappa shape index (κ1) is 19.0. The zero-order chi connectivity index (χ0) is 16.5. The van der Waals surface area contributed by atoms with Gasteiger partial charge in [0, 0.05) is 0 Å². The molecule has 0 N–H and O–H groups in total. The minimum Gasteiger partial charge on any atom is -0.465 e. The van der Waals surface area contributed by atoms with Crippen LogP contribution in [0.3, 0.4) is 0 Å². The van der Waals surface area contributed by atoms with Crippen LogP contribution in [0, 0.1) is 17.8 Å². The lowest BCUT2D eigenvalue weighted by molar-refractivity contribution is -0.167.